The van der Waals surface area contributed by atoms with Crippen molar-refractivity contribution in [1.82, 2.24) is 4.90 Å². The summed E-state index contributed by atoms with van der Waals surface area (Å²) in [5.74, 6) is 1.31. The summed E-state index contributed by atoms with van der Waals surface area (Å²) in [6, 6.07) is 3.59. The van der Waals surface area contributed by atoms with Crippen molar-refractivity contribution < 1.29 is 4.79 Å². The van der Waals surface area contributed by atoms with Gasteiger partial charge in [0.15, 0.2) is 5.78 Å². The van der Waals surface area contributed by atoms with Crippen LogP contribution in [0.5, 0.6) is 0 Å². The Morgan fingerprint density at radius 3 is 2.94 bits per heavy atom. The van der Waals surface area contributed by atoms with Crippen molar-refractivity contribution in [1.29, 1.82) is 0 Å². The van der Waals surface area contributed by atoms with Crippen LogP contribution in [0, 0.1) is 0 Å². The standard InChI is InChI=1S/C12H16ClNOS2/c1-8-7-14(5-6-16-8)9(2)12(15)10-3-4-11(13)17-10/h3-4,8-9H,5-7H2,1-2H3. The molecular weight excluding hydrogens is 274 g/mol. The molecule has 1 aromatic rings. The van der Waals surface area contributed by atoms with E-state index < -0.39 is 0 Å². The minimum atomic E-state index is -0.0342. The molecule has 2 heterocycles. The fourth-order valence-corrected chi connectivity index (χ4v) is 4.12. The predicted molar refractivity (Wildman–Crippen MR) is 76.6 cm³/mol. The van der Waals surface area contributed by atoms with Gasteiger partial charge in [-0.2, -0.15) is 11.8 Å². The first-order valence-corrected chi connectivity index (χ1v) is 7.97. The van der Waals surface area contributed by atoms with Crippen LogP contribution in [0.25, 0.3) is 0 Å². The molecule has 5 heteroatoms. The molecule has 94 valence electrons. The average molecular weight is 290 g/mol. The van der Waals surface area contributed by atoms with Gasteiger partial charge in [0.05, 0.1) is 15.3 Å². The maximum Gasteiger partial charge on any atom is 0.189 e. The van der Waals surface area contributed by atoms with Gasteiger partial charge in [0.25, 0.3) is 0 Å². The number of halogens is 1. The summed E-state index contributed by atoms with van der Waals surface area (Å²) < 4.78 is 0.683. The number of thiophene rings is 1. The molecule has 0 bridgehead atoms. The fourth-order valence-electron chi connectivity index (χ4n) is 2.02. The first-order valence-electron chi connectivity index (χ1n) is 5.73. The number of carbonyl (C=O) groups is 1. The highest BCUT2D eigenvalue weighted by molar-refractivity contribution is 7.99. The van der Waals surface area contributed by atoms with E-state index in [2.05, 4.69) is 11.8 Å². The zero-order valence-electron chi connectivity index (χ0n) is 9.98. The molecule has 0 saturated carbocycles. The number of thioether (sulfide) groups is 1. The summed E-state index contributed by atoms with van der Waals surface area (Å²) in [4.78, 5) is 15.3. The summed E-state index contributed by atoms with van der Waals surface area (Å²) in [6.07, 6.45) is 0. The average Bonchev–Trinajstić information content (AvgIpc) is 2.74. The molecule has 1 aromatic heterocycles. The molecule has 2 atom stereocenters. The third-order valence-electron chi connectivity index (χ3n) is 3.02. The van der Waals surface area contributed by atoms with E-state index in [-0.39, 0.29) is 11.8 Å². The summed E-state index contributed by atoms with van der Waals surface area (Å²) in [5.41, 5.74) is 0. The Bertz CT molecular complexity index is 407. The molecule has 1 fully saturated rings. The second-order valence-corrected chi connectivity index (χ2v) is 7.58. The Labute approximate surface area is 115 Å². The Morgan fingerprint density at radius 1 is 1.59 bits per heavy atom. The van der Waals surface area contributed by atoms with Crippen LogP contribution < -0.4 is 0 Å². The number of hydrogen-bond acceptors (Lipinski definition) is 4. The lowest BCUT2D eigenvalue weighted by Gasteiger charge is -2.34. The Hall–Kier alpha value is -0.0300. The molecule has 2 unspecified atom stereocenters. The summed E-state index contributed by atoms with van der Waals surface area (Å²) in [6.45, 7) is 6.21. The van der Waals surface area contributed by atoms with E-state index in [0.29, 0.717) is 9.59 Å². The van der Waals surface area contributed by atoms with Crippen LogP contribution in [-0.2, 0) is 0 Å². The number of nitrogens with zero attached hydrogens (tertiary/aromatic N) is 1. The predicted octanol–water partition coefficient (Wildman–Crippen LogP) is 3.41. The van der Waals surface area contributed by atoms with Crippen LogP contribution in [0.15, 0.2) is 12.1 Å². The van der Waals surface area contributed by atoms with Gasteiger partial charge in [-0.05, 0) is 19.1 Å². The van der Waals surface area contributed by atoms with Crippen LogP contribution >= 0.6 is 34.7 Å². The Morgan fingerprint density at radius 2 is 2.35 bits per heavy atom. The van der Waals surface area contributed by atoms with Crippen LogP contribution in [-0.4, -0.2) is 40.8 Å². The second kappa shape index (κ2) is 5.74. The van der Waals surface area contributed by atoms with Crippen molar-refractivity contribution >= 4 is 40.5 Å². The molecule has 0 N–H and O–H groups in total. The third kappa shape index (κ3) is 3.25. The molecule has 0 amide bonds. The third-order valence-corrected chi connectivity index (χ3v) is 5.40. The van der Waals surface area contributed by atoms with Gasteiger partial charge in [0.1, 0.15) is 0 Å². The Balaban J connectivity index is 2.04. The molecular formula is C12H16ClNOS2. The Kier molecular flexibility index (Phi) is 4.53. The summed E-state index contributed by atoms with van der Waals surface area (Å²) >= 11 is 9.22. The van der Waals surface area contributed by atoms with E-state index in [1.807, 2.05) is 24.8 Å². The van der Waals surface area contributed by atoms with Crippen molar-refractivity contribution in [2.45, 2.75) is 25.1 Å². The molecule has 1 aliphatic heterocycles. The fraction of sp³-hybridized carbons (Fsp3) is 0.583. The van der Waals surface area contributed by atoms with Crippen molar-refractivity contribution in [2.75, 3.05) is 18.8 Å². The van der Waals surface area contributed by atoms with E-state index in [0.717, 1.165) is 23.7 Å². The SMILES string of the molecule is CC1CN(C(C)C(=O)c2ccc(Cl)s2)CCS1. The zero-order chi connectivity index (χ0) is 12.4. The van der Waals surface area contributed by atoms with Crippen molar-refractivity contribution in [2.24, 2.45) is 0 Å². The highest BCUT2D eigenvalue weighted by atomic mass is 35.5. The van der Waals surface area contributed by atoms with Gasteiger partial charge in [-0.15, -0.1) is 11.3 Å². The highest BCUT2D eigenvalue weighted by Crippen LogP contribution is 2.25. The normalized spacial score (nSPS) is 23.6. The number of hydrogen-bond donors (Lipinski definition) is 0. The van der Waals surface area contributed by atoms with Crippen LogP contribution in [0.2, 0.25) is 4.34 Å². The monoisotopic (exact) mass is 289 g/mol. The van der Waals surface area contributed by atoms with Crippen molar-refractivity contribution in [3.05, 3.63) is 21.3 Å². The number of carbonyl (C=O) groups excluding carboxylic acids is 1. The lowest BCUT2D eigenvalue weighted by atomic mass is 10.1. The first-order chi connectivity index (χ1) is 8.08. The maximum atomic E-state index is 12.3. The maximum absolute atomic E-state index is 12.3. The molecule has 0 radical (unpaired) electrons. The molecule has 1 aliphatic rings. The number of Topliss-reactive ketones (excluding diaryl/α,β-unsaturated/α-hetero) is 1. The van der Waals surface area contributed by atoms with Gasteiger partial charge in [0.2, 0.25) is 0 Å². The molecule has 2 rings (SSSR count). The van der Waals surface area contributed by atoms with Crippen molar-refractivity contribution in [3.63, 3.8) is 0 Å². The number of ketones is 1. The lowest BCUT2D eigenvalue weighted by Crippen LogP contribution is -2.45. The topological polar surface area (TPSA) is 20.3 Å². The molecule has 0 aromatic carbocycles. The van der Waals surface area contributed by atoms with Gasteiger partial charge in [-0.25, -0.2) is 0 Å². The van der Waals surface area contributed by atoms with E-state index in [4.69, 9.17) is 11.6 Å². The quantitative estimate of drug-likeness (QED) is 0.796. The van der Waals surface area contributed by atoms with Gasteiger partial charge in [-0.1, -0.05) is 18.5 Å². The van der Waals surface area contributed by atoms with Gasteiger partial charge in [0, 0.05) is 24.1 Å². The minimum absolute atomic E-state index is 0.0342. The second-order valence-electron chi connectivity index (χ2n) is 4.32. The van der Waals surface area contributed by atoms with E-state index in [9.17, 15) is 4.79 Å². The van der Waals surface area contributed by atoms with Crippen molar-refractivity contribution in [3.8, 4) is 0 Å². The smallest absolute Gasteiger partial charge is 0.189 e. The van der Waals surface area contributed by atoms with E-state index in [1.165, 1.54) is 11.3 Å². The summed E-state index contributed by atoms with van der Waals surface area (Å²) in [7, 11) is 0. The van der Waals surface area contributed by atoms with E-state index >= 15 is 0 Å². The largest absolute Gasteiger partial charge is 0.292 e. The van der Waals surface area contributed by atoms with Gasteiger partial charge < -0.3 is 0 Å². The highest BCUT2D eigenvalue weighted by Gasteiger charge is 2.27. The lowest BCUT2D eigenvalue weighted by molar-refractivity contribution is 0.0848. The summed E-state index contributed by atoms with van der Waals surface area (Å²) in [5, 5.41) is 0.617. The van der Waals surface area contributed by atoms with E-state index in [1.54, 1.807) is 6.07 Å². The molecule has 1 saturated heterocycles. The molecule has 17 heavy (non-hydrogen) atoms. The number of rotatable bonds is 3. The molecule has 0 spiro atoms. The van der Waals surface area contributed by atoms with Crippen LogP contribution in [0.4, 0.5) is 0 Å². The molecule has 2 nitrogen and oxygen atoms in total. The zero-order valence-corrected chi connectivity index (χ0v) is 12.4. The first kappa shape index (κ1) is 13.4. The molecule has 0 aliphatic carbocycles. The van der Waals surface area contributed by atoms with Gasteiger partial charge >= 0.3 is 0 Å². The minimum Gasteiger partial charge on any atom is -0.292 e. The van der Waals surface area contributed by atoms with Gasteiger partial charge in [-0.3, -0.25) is 9.69 Å². The van der Waals surface area contributed by atoms with Crippen LogP contribution in [0.3, 0.4) is 0 Å². The van der Waals surface area contributed by atoms with Crippen LogP contribution in [0.1, 0.15) is 23.5 Å².